The van der Waals surface area contributed by atoms with Gasteiger partial charge in [0.05, 0.1) is 34.4 Å². The van der Waals surface area contributed by atoms with Gasteiger partial charge >= 0.3 is 0 Å². The van der Waals surface area contributed by atoms with Crippen molar-refractivity contribution < 1.29 is 8.96 Å². The highest BCUT2D eigenvalue weighted by Gasteiger charge is 2.26. The van der Waals surface area contributed by atoms with Crippen LogP contribution in [0, 0.1) is 25.1 Å². The van der Waals surface area contributed by atoms with Gasteiger partial charge in [-0.3, -0.25) is 0 Å². The van der Waals surface area contributed by atoms with E-state index in [0.29, 0.717) is 0 Å². The normalized spacial score (nSPS) is 13.0. The number of aryl methyl sites for hydroxylation is 3. The zero-order valence-electron chi connectivity index (χ0n) is 21.6. The van der Waals surface area contributed by atoms with E-state index in [4.69, 9.17) is 4.98 Å². The van der Waals surface area contributed by atoms with E-state index in [1.54, 1.807) is 12.1 Å². The van der Waals surface area contributed by atoms with E-state index in [1.807, 2.05) is 12.4 Å². The molecule has 0 atom stereocenters. The minimum absolute atomic E-state index is 0.215. The summed E-state index contributed by atoms with van der Waals surface area (Å²) in [5, 5.41) is 7.09. The van der Waals surface area contributed by atoms with Gasteiger partial charge in [0.1, 0.15) is 11.3 Å². The third-order valence-electron chi connectivity index (χ3n) is 7.88. The maximum absolute atomic E-state index is 14.6. The van der Waals surface area contributed by atoms with Crippen LogP contribution in [-0.2, 0) is 13.5 Å². The molecule has 4 heteroatoms. The lowest BCUT2D eigenvalue weighted by Crippen LogP contribution is -2.30. The lowest BCUT2D eigenvalue weighted by Gasteiger charge is -2.20. The standard InChI is InChI=1S/C32H29FN3/c1-17-24-13-19(15-32(3,4)5)7-9-21(24)18(2)29-27(17)31-28-25(34-16-35(31)6)12-11-23-22-10-8-20(33)14-26(22)36(29)30(23)28/h7-14,16H,15H2,1-6H3/q+1. The average Bonchev–Trinajstić information content (AvgIpc) is 3.15. The Balaban J connectivity index is 1.81. The fraction of sp³-hybridized carbons (Fsp3) is 0.250. The Bertz CT molecular complexity index is 2040. The molecule has 0 amide bonds. The Morgan fingerprint density at radius 3 is 2.36 bits per heavy atom. The average molecular weight is 475 g/mol. The molecular weight excluding hydrogens is 445 g/mol. The Kier molecular flexibility index (Phi) is 4.12. The van der Waals surface area contributed by atoms with Gasteiger partial charge < -0.3 is 4.40 Å². The van der Waals surface area contributed by atoms with E-state index in [2.05, 4.69) is 81.0 Å². The minimum Gasteiger partial charge on any atom is -0.307 e. The summed E-state index contributed by atoms with van der Waals surface area (Å²) in [4.78, 5) is 4.77. The summed E-state index contributed by atoms with van der Waals surface area (Å²) < 4.78 is 19.1. The number of pyridine rings is 1. The Labute approximate surface area is 209 Å². The first-order chi connectivity index (χ1) is 17.1. The predicted octanol–water partition coefficient (Wildman–Crippen LogP) is 7.71. The summed E-state index contributed by atoms with van der Waals surface area (Å²) in [6.45, 7) is 11.3. The summed E-state index contributed by atoms with van der Waals surface area (Å²) in [7, 11) is 2.08. The predicted molar refractivity (Wildman–Crippen MR) is 148 cm³/mol. The first-order valence-corrected chi connectivity index (χ1v) is 12.6. The largest absolute Gasteiger partial charge is 0.307 e. The van der Waals surface area contributed by atoms with Crippen molar-refractivity contribution in [2.75, 3.05) is 0 Å². The van der Waals surface area contributed by atoms with Gasteiger partial charge in [0, 0.05) is 10.8 Å². The summed E-state index contributed by atoms with van der Waals surface area (Å²) in [6, 6.07) is 16.3. The van der Waals surface area contributed by atoms with Crippen LogP contribution in [0.25, 0.3) is 59.9 Å². The molecule has 3 aromatic heterocycles. The van der Waals surface area contributed by atoms with Crippen molar-refractivity contribution in [3.63, 3.8) is 0 Å². The molecule has 0 radical (unpaired) electrons. The Morgan fingerprint density at radius 2 is 1.58 bits per heavy atom. The SMILES string of the molecule is Cc1c2cc(CC(C)(C)C)ccc2c(C)c2c1c1c3c(ccc4c5ccc(F)cc5n2c43)nc[n+]1C. The number of benzene rings is 4. The van der Waals surface area contributed by atoms with E-state index in [9.17, 15) is 4.39 Å². The lowest BCUT2D eigenvalue weighted by atomic mass is 9.86. The topological polar surface area (TPSA) is 21.2 Å². The highest BCUT2D eigenvalue weighted by Crippen LogP contribution is 2.43. The van der Waals surface area contributed by atoms with Crippen LogP contribution in [0.2, 0.25) is 0 Å². The molecule has 3 nitrogen and oxygen atoms in total. The first kappa shape index (κ1) is 21.5. The van der Waals surface area contributed by atoms with Gasteiger partial charge in [0.25, 0.3) is 6.33 Å². The third-order valence-corrected chi connectivity index (χ3v) is 7.88. The van der Waals surface area contributed by atoms with E-state index in [0.717, 1.165) is 44.6 Å². The van der Waals surface area contributed by atoms with Crippen LogP contribution in [0.15, 0.2) is 54.9 Å². The zero-order valence-corrected chi connectivity index (χ0v) is 21.6. The van der Waals surface area contributed by atoms with Gasteiger partial charge in [-0.15, -0.1) is 0 Å². The van der Waals surface area contributed by atoms with Crippen molar-refractivity contribution in [3.05, 3.63) is 77.4 Å². The van der Waals surface area contributed by atoms with Crippen LogP contribution in [0.5, 0.6) is 0 Å². The van der Waals surface area contributed by atoms with Crippen LogP contribution in [0.4, 0.5) is 4.39 Å². The molecule has 0 fully saturated rings. The third kappa shape index (κ3) is 2.73. The van der Waals surface area contributed by atoms with Crippen molar-refractivity contribution in [1.82, 2.24) is 9.38 Å². The number of fused-ring (bicyclic) bond motifs is 7. The Hall–Kier alpha value is -3.79. The highest BCUT2D eigenvalue weighted by molar-refractivity contribution is 6.28. The maximum Gasteiger partial charge on any atom is 0.287 e. The van der Waals surface area contributed by atoms with Crippen molar-refractivity contribution in [3.8, 4) is 0 Å². The smallest absolute Gasteiger partial charge is 0.287 e. The van der Waals surface area contributed by atoms with Crippen LogP contribution in [0.1, 0.15) is 37.5 Å². The second kappa shape index (κ2) is 6.91. The number of aromatic nitrogens is 3. The van der Waals surface area contributed by atoms with E-state index in [-0.39, 0.29) is 11.2 Å². The zero-order chi connectivity index (χ0) is 25.1. The van der Waals surface area contributed by atoms with E-state index in [1.165, 1.54) is 38.4 Å². The van der Waals surface area contributed by atoms with Crippen LogP contribution in [0.3, 0.4) is 0 Å². The van der Waals surface area contributed by atoms with Gasteiger partial charge in [-0.25, -0.2) is 8.96 Å². The second-order valence-electron chi connectivity index (χ2n) is 11.6. The monoisotopic (exact) mass is 474 g/mol. The van der Waals surface area contributed by atoms with Gasteiger partial charge in [-0.05, 0) is 88.5 Å². The fourth-order valence-electron chi connectivity index (χ4n) is 6.47. The van der Waals surface area contributed by atoms with Gasteiger partial charge in [-0.2, -0.15) is 0 Å². The molecule has 178 valence electrons. The number of hydrogen-bond acceptors (Lipinski definition) is 1. The summed E-state index contributed by atoms with van der Waals surface area (Å²) >= 11 is 0. The Morgan fingerprint density at radius 1 is 0.833 bits per heavy atom. The van der Waals surface area contributed by atoms with Gasteiger partial charge in [-0.1, -0.05) is 39.0 Å². The molecule has 0 saturated carbocycles. The molecule has 0 aliphatic carbocycles. The molecular formula is C32H29FN3+. The first-order valence-electron chi connectivity index (χ1n) is 12.6. The van der Waals surface area contributed by atoms with Crippen LogP contribution >= 0.6 is 0 Å². The molecule has 0 aliphatic rings. The molecule has 0 spiro atoms. The molecule has 0 bridgehead atoms. The highest BCUT2D eigenvalue weighted by atomic mass is 19.1. The molecule has 4 aromatic carbocycles. The van der Waals surface area contributed by atoms with Crippen molar-refractivity contribution in [2.24, 2.45) is 12.5 Å². The van der Waals surface area contributed by atoms with Gasteiger partial charge in [0.15, 0.2) is 5.52 Å². The maximum atomic E-state index is 14.6. The van der Waals surface area contributed by atoms with Crippen molar-refractivity contribution >= 4 is 59.9 Å². The second-order valence-corrected chi connectivity index (χ2v) is 11.6. The molecule has 7 aromatic rings. The van der Waals surface area contributed by atoms with Crippen LogP contribution < -0.4 is 4.57 Å². The number of hydrogen-bond donors (Lipinski definition) is 0. The fourth-order valence-corrected chi connectivity index (χ4v) is 6.47. The summed E-state index contributed by atoms with van der Waals surface area (Å²) in [5.74, 6) is -0.219. The molecule has 7 rings (SSSR count). The molecule has 0 saturated heterocycles. The lowest BCUT2D eigenvalue weighted by molar-refractivity contribution is -0.646. The minimum atomic E-state index is -0.219. The molecule has 0 N–H and O–H groups in total. The number of halogens is 1. The van der Waals surface area contributed by atoms with E-state index < -0.39 is 0 Å². The number of rotatable bonds is 1. The number of nitrogens with zero attached hydrogens (tertiary/aromatic N) is 3. The molecule has 0 aliphatic heterocycles. The molecule has 36 heavy (non-hydrogen) atoms. The quantitative estimate of drug-likeness (QED) is 0.136. The summed E-state index contributed by atoms with van der Waals surface area (Å²) in [6.07, 6.45) is 2.94. The van der Waals surface area contributed by atoms with E-state index >= 15 is 0 Å². The summed E-state index contributed by atoms with van der Waals surface area (Å²) in [5.41, 5.74) is 9.36. The van der Waals surface area contributed by atoms with Crippen LogP contribution in [-0.4, -0.2) is 9.38 Å². The van der Waals surface area contributed by atoms with Crippen molar-refractivity contribution in [1.29, 1.82) is 0 Å². The molecule has 3 heterocycles. The molecule has 0 unspecified atom stereocenters. The van der Waals surface area contributed by atoms with Gasteiger partial charge in [0.2, 0.25) is 0 Å². The van der Waals surface area contributed by atoms with Crippen molar-refractivity contribution in [2.45, 2.75) is 41.0 Å².